The number of hydrogen-bond acceptors (Lipinski definition) is 1. The highest BCUT2D eigenvalue weighted by atomic mass is 16.1. The van der Waals surface area contributed by atoms with Crippen LogP contribution in [0.3, 0.4) is 0 Å². The maximum Gasteiger partial charge on any atom is 0.258 e. The quantitative estimate of drug-likeness (QED) is 0.787. The highest BCUT2D eigenvalue weighted by Crippen LogP contribution is 2.35. The third-order valence-electron chi connectivity index (χ3n) is 4.78. The average molecular weight is 269 g/mol. The van der Waals surface area contributed by atoms with Crippen LogP contribution in [-0.4, -0.2) is 4.57 Å². The van der Waals surface area contributed by atoms with E-state index in [-0.39, 0.29) is 5.56 Å². The van der Waals surface area contributed by atoms with Crippen LogP contribution in [0.2, 0.25) is 0 Å². The summed E-state index contributed by atoms with van der Waals surface area (Å²) in [5, 5.41) is 1.99. The molecule has 2 atom stereocenters. The predicted molar refractivity (Wildman–Crippen MR) is 84.3 cm³/mol. The molecule has 1 fully saturated rings. The molecule has 1 saturated carbocycles. The second kappa shape index (κ2) is 5.08. The van der Waals surface area contributed by atoms with Crippen molar-refractivity contribution in [3.8, 4) is 0 Å². The number of fused-ring (bicyclic) bond motifs is 1. The van der Waals surface area contributed by atoms with Crippen LogP contribution in [0.5, 0.6) is 0 Å². The Hall–Kier alpha value is -1.57. The number of nitrogens with zero attached hydrogens (tertiary/aromatic N) is 1. The van der Waals surface area contributed by atoms with Crippen LogP contribution < -0.4 is 5.56 Å². The fraction of sp³-hybridized carbons (Fsp3) is 0.500. The summed E-state index contributed by atoms with van der Waals surface area (Å²) >= 11 is 0. The van der Waals surface area contributed by atoms with Gasteiger partial charge in [-0.3, -0.25) is 4.79 Å². The molecule has 20 heavy (non-hydrogen) atoms. The average Bonchev–Trinajstić information content (AvgIpc) is 2.85. The molecule has 1 aromatic carbocycles. The van der Waals surface area contributed by atoms with Crippen molar-refractivity contribution in [1.82, 2.24) is 4.57 Å². The van der Waals surface area contributed by atoms with Crippen molar-refractivity contribution < 1.29 is 0 Å². The van der Waals surface area contributed by atoms with Crippen LogP contribution >= 0.6 is 0 Å². The first-order chi connectivity index (χ1) is 9.59. The molecule has 0 N–H and O–H groups in total. The molecule has 3 rings (SSSR count). The molecule has 0 spiro atoms. The molecule has 0 aliphatic heterocycles. The molecule has 1 aliphatic carbocycles. The lowest BCUT2D eigenvalue weighted by molar-refractivity contribution is 0.398. The molecule has 0 amide bonds. The summed E-state index contributed by atoms with van der Waals surface area (Å²) in [5.74, 6) is 1.04. The van der Waals surface area contributed by atoms with E-state index >= 15 is 0 Å². The lowest BCUT2D eigenvalue weighted by Crippen LogP contribution is -2.27. The minimum absolute atomic E-state index is 0.184. The Bertz CT molecular complexity index is 683. The molecule has 0 radical (unpaired) electrons. The van der Waals surface area contributed by atoms with Gasteiger partial charge in [-0.2, -0.15) is 0 Å². The highest BCUT2D eigenvalue weighted by Gasteiger charge is 2.26. The second-order valence-corrected chi connectivity index (χ2v) is 6.47. The zero-order valence-electron chi connectivity index (χ0n) is 12.6. The van der Waals surface area contributed by atoms with Crippen LogP contribution in [0.1, 0.15) is 57.6 Å². The van der Waals surface area contributed by atoms with Crippen LogP contribution in [0.15, 0.2) is 35.3 Å². The fourth-order valence-corrected chi connectivity index (χ4v) is 3.58. The summed E-state index contributed by atoms with van der Waals surface area (Å²) in [7, 11) is 0. The number of pyridine rings is 1. The molecule has 0 unspecified atom stereocenters. The molecule has 1 heterocycles. The van der Waals surface area contributed by atoms with Crippen molar-refractivity contribution in [2.75, 3.05) is 0 Å². The maximum absolute atomic E-state index is 12.8. The van der Waals surface area contributed by atoms with E-state index in [1.807, 2.05) is 22.8 Å². The summed E-state index contributed by atoms with van der Waals surface area (Å²) in [6.07, 6.45) is 5.74. The Morgan fingerprint density at radius 3 is 2.45 bits per heavy atom. The number of rotatable bonds is 2. The van der Waals surface area contributed by atoms with Gasteiger partial charge in [0.2, 0.25) is 0 Å². The Morgan fingerprint density at radius 1 is 1.15 bits per heavy atom. The molecular weight excluding hydrogens is 246 g/mol. The normalized spacial score (nSPS) is 22.8. The van der Waals surface area contributed by atoms with Crippen LogP contribution in [0, 0.1) is 5.92 Å². The maximum atomic E-state index is 12.8. The van der Waals surface area contributed by atoms with Gasteiger partial charge in [0.25, 0.3) is 5.56 Å². The van der Waals surface area contributed by atoms with E-state index in [2.05, 4.69) is 33.0 Å². The van der Waals surface area contributed by atoms with Crippen LogP contribution in [0.25, 0.3) is 10.8 Å². The van der Waals surface area contributed by atoms with Gasteiger partial charge in [0.15, 0.2) is 0 Å². The van der Waals surface area contributed by atoms with Crippen LogP contribution in [-0.2, 0) is 0 Å². The number of aromatic nitrogens is 1. The van der Waals surface area contributed by atoms with E-state index in [1.54, 1.807) is 0 Å². The fourth-order valence-electron chi connectivity index (χ4n) is 3.58. The summed E-state index contributed by atoms with van der Waals surface area (Å²) in [6, 6.07) is 8.42. The summed E-state index contributed by atoms with van der Waals surface area (Å²) in [6.45, 7) is 6.68. The van der Waals surface area contributed by atoms with Gasteiger partial charge in [-0.05, 0) is 41.7 Å². The molecule has 106 valence electrons. The standard InChI is InChI=1S/C18H23NO/c1-12(2)16-11-19(17-10-6-7-13(17)3)18(20)15-9-5-4-8-14(15)16/h4-5,8-9,11-13,17H,6-7,10H2,1-3H3/t13-,17+/m0/s1. The predicted octanol–water partition coefficient (Wildman–Crippen LogP) is 4.49. The third-order valence-corrected chi connectivity index (χ3v) is 4.78. The van der Waals surface area contributed by atoms with Crippen molar-refractivity contribution in [3.63, 3.8) is 0 Å². The number of hydrogen-bond donors (Lipinski definition) is 0. The first kappa shape index (κ1) is 13.4. The topological polar surface area (TPSA) is 22.0 Å². The van der Waals surface area contributed by atoms with E-state index < -0.39 is 0 Å². The summed E-state index contributed by atoms with van der Waals surface area (Å²) in [5.41, 5.74) is 1.48. The van der Waals surface area contributed by atoms with E-state index in [0.29, 0.717) is 17.9 Å². The van der Waals surface area contributed by atoms with Gasteiger partial charge >= 0.3 is 0 Å². The largest absolute Gasteiger partial charge is 0.311 e. The number of benzene rings is 1. The smallest absolute Gasteiger partial charge is 0.258 e. The van der Waals surface area contributed by atoms with Crippen LogP contribution in [0.4, 0.5) is 0 Å². The molecule has 2 aromatic rings. The Balaban J connectivity index is 2.28. The van der Waals surface area contributed by atoms with Gasteiger partial charge in [0.05, 0.1) is 0 Å². The lowest BCUT2D eigenvalue weighted by Gasteiger charge is -2.22. The van der Waals surface area contributed by atoms with Gasteiger partial charge in [0, 0.05) is 17.6 Å². The van der Waals surface area contributed by atoms with Crippen molar-refractivity contribution in [2.24, 2.45) is 5.92 Å². The van der Waals surface area contributed by atoms with Gasteiger partial charge in [-0.25, -0.2) is 0 Å². The molecule has 1 aromatic heterocycles. The zero-order chi connectivity index (χ0) is 14.3. The third kappa shape index (κ3) is 2.07. The van der Waals surface area contributed by atoms with Crippen molar-refractivity contribution in [3.05, 3.63) is 46.4 Å². The molecule has 1 aliphatic rings. The van der Waals surface area contributed by atoms with Gasteiger partial charge in [-0.1, -0.05) is 45.4 Å². The van der Waals surface area contributed by atoms with Gasteiger partial charge in [0.1, 0.15) is 0 Å². The monoisotopic (exact) mass is 269 g/mol. The second-order valence-electron chi connectivity index (χ2n) is 6.47. The van der Waals surface area contributed by atoms with E-state index in [9.17, 15) is 4.79 Å². The molecule has 2 heteroatoms. The molecule has 0 bridgehead atoms. The minimum atomic E-state index is 0.184. The highest BCUT2D eigenvalue weighted by molar-refractivity contribution is 5.85. The first-order valence-electron chi connectivity index (χ1n) is 7.73. The Morgan fingerprint density at radius 2 is 1.85 bits per heavy atom. The molecule has 0 saturated heterocycles. The van der Waals surface area contributed by atoms with Gasteiger partial charge < -0.3 is 4.57 Å². The lowest BCUT2D eigenvalue weighted by atomic mass is 9.97. The molecular formula is C18H23NO. The van der Waals surface area contributed by atoms with E-state index in [0.717, 1.165) is 17.2 Å². The Labute approximate surface area is 120 Å². The Kier molecular flexibility index (Phi) is 3.41. The first-order valence-corrected chi connectivity index (χ1v) is 7.73. The molecule has 2 nitrogen and oxygen atoms in total. The van der Waals surface area contributed by atoms with Gasteiger partial charge in [-0.15, -0.1) is 0 Å². The summed E-state index contributed by atoms with van der Waals surface area (Å²) in [4.78, 5) is 12.8. The minimum Gasteiger partial charge on any atom is -0.311 e. The SMILES string of the molecule is CC(C)c1cn([C@@H]2CCC[C@@H]2C)c(=O)c2ccccc12. The van der Waals surface area contributed by atoms with Crippen molar-refractivity contribution >= 4 is 10.8 Å². The zero-order valence-corrected chi connectivity index (χ0v) is 12.6. The summed E-state index contributed by atoms with van der Waals surface area (Å²) < 4.78 is 2.02. The van der Waals surface area contributed by atoms with E-state index in [1.165, 1.54) is 18.4 Å². The van der Waals surface area contributed by atoms with Crippen molar-refractivity contribution in [1.29, 1.82) is 0 Å². The van der Waals surface area contributed by atoms with E-state index in [4.69, 9.17) is 0 Å². The van der Waals surface area contributed by atoms with Crippen molar-refractivity contribution in [2.45, 2.75) is 52.0 Å².